The summed E-state index contributed by atoms with van der Waals surface area (Å²) in [6.07, 6.45) is 5.24. The highest BCUT2D eigenvalue weighted by molar-refractivity contribution is 5.95. The first kappa shape index (κ1) is 15.4. The number of urea groups is 1. The van der Waals surface area contributed by atoms with Gasteiger partial charge in [0.25, 0.3) is 5.91 Å². The summed E-state index contributed by atoms with van der Waals surface area (Å²) in [6, 6.07) is -0.419. The highest BCUT2D eigenvalue weighted by Gasteiger charge is 2.17. The molecular weight excluding hydrogens is 252 g/mol. The number of carbonyl (C=O) groups is 3. The van der Waals surface area contributed by atoms with Gasteiger partial charge >= 0.3 is 12.0 Å². The van der Waals surface area contributed by atoms with Crippen LogP contribution in [0.4, 0.5) is 4.79 Å². The molecule has 1 aliphatic rings. The standard InChI is InChI=1S/C12H20N2O5/c1-18-8-11(16)19-7-10(15)14-12(17)13-9-5-3-2-4-6-9/h9H,2-8H2,1H3,(H2,13,14,15,17). The normalized spacial score (nSPS) is 15.6. The van der Waals surface area contributed by atoms with Gasteiger partial charge in [-0.15, -0.1) is 0 Å². The average molecular weight is 272 g/mol. The molecule has 0 aliphatic heterocycles. The minimum Gasteiger partial charge on any atom is -0.454 e. The molecule has 0 unspecified atom stereocenters. The zero-order valence-corrected chi connectivity index (χ0v) is 11.1. The van der Waals surface area contributed by atoms with E-state index >= 15 is 0 Å². The number of esters is 1. The molecule has 0 aromatic carbocycles. The number of hydrogen-bond acceptors (Lipinski definition) is 5. The van der Waals surface area contributed by atoms with Crippen molar-refractivity contribution < 1.29 is 23.9 Å². The lowest BCUT2D eigenvalue weighted by Crippen LogP contribution is -2.46. The number of nitrogens with one attached hydrogen (secondary N) is 2. The van der Waals surface area contributed by atoms with Crippen LogP contribution in [0.3, 0.4) is 0 Å². The molecule has 7 heteroatoms. The summed E-state index contributed by atoms with van der Waals surface area (Å²) in [7, 11) is 1.35. The maximum atomic E-state index is 11.5. The van der Waals surface area contributed by atoms with Crippen LogP contribution >= 0.6 is 0 Å². The van der Waals surface area contributed by atoms with Crippen molar-refractivity contribution >= 4 is 17.9 Å². The van der Waals surface area contributed by atoms with Crippen LogP contribution in [-0.4, -0.2) is 44.3 Å². The molecular formula is C12H20N2O5. The summed E-state index contributed by atoms with van der Waals surface area (Å²) in [5.41, 5.74) is 0. The largest absolute Gasteiger partial charge is 0.454 e. The Morgan fingerprint density at radius 2 is 1.79 bits per heavy atom. The van der Waals surface area contributed by atoms with E-state index in [2.05, 4.69) is 20.1 Å². The number of imide groups is 1. The second-order valence-electron chi connectivity index (χ2n) is 4.45. The molecule has 7 nitrogen and oxygen atoms in total. The summed E-state index contributed by atoms with van der Waals surface area (Å²) in [5.74, 6) is -1.30. The lowest BCUT2D eigenvalue weighted by molar-refractivity contribution is -0.151. The van der Waals surface area contributed by atoms with Gasteiger partial charge in [-0.3, -0.25) is 10.1 Å². The van der Waals surface area contributed by atoms with Gasteiger partial charge in [-0.05, 0) is 12.8 Å². The fourth-order valence-corrected chi connectivity index (χ4v) is 1.94. The van der Waals surface area contributed by atoms with Crippen molar-refractivity contribution in [1.29, 1.82) is 0 Å². The average Bonchev–Trinajstić information content (AvgIpc) is 2.38. The molecule has 0 heterocycles. The molecule has 19 heavy (non-hydrogen) atoms. The molecule has 0 aromatic rings. The Labute approximate surface area is 112 Å². The Balaban J connectivity index is 2.16. The summed E-state index contributed by atoms with van der Waals surface area (Å²) in [4.78, 5) is 33.7. The number of hydrogen-bond donors (Lipinski definition) is 2. The predicted molar refractivity (Wildman–Crippen MR) is 66.4 cm³/mol. The second kappa shape index (κ2) is 8.47. The van der Waals surface area contributed by atoms with Crippen LogP contribution in [0.15, 0.2) is 0 Å². The van der Waals surface area contributed by atoms with Gasteiger partial charge in [-0.2, -0.15) is 0 Å². The van der Waals surface area contributed by atoms with Gasteiger partial charge in [0.05, 0.1) is 0 Å². The van der Waals surface area contributed by atoms with E-state index in [9.17, 15) is 14.4 Å². The van der Waals surface area contributed by atoms with Crippen LogP contribution in [0.1, 0.15) is 32.1 Å². The molecule has 0 radical (unpaired) electrons. The van der Waals surface area contributed by atoms with Gasteiger partial charge in [0.2, 0.25) is 0 Å². The third-order valence-corrected chi connectivity index (χ3v) is 2.82. The van der Waals surface area contributed by atoms with Gasteiger partial charge in [-0.1, -0.05) is 19.3 Å². The van der Waals surface area contributed by atoms with Crippen molar-refractivity contribution in [3.63, 3.8) is 0 Å². The summed E-state index contributed by atoms with van der Waals surface area (Å²) < 4.78 is 9.11. The summed E-state index contributed by atoms with van der Waals surface area (Å²) in [6.45, 7) is -0.707. The quantitative estimate of drug-likeness (QED) is 0.704. The van der Waals surface area contributed by atoms with Crippen molar-refractivity contribution in [3.05, 3.63) is 0 Å². The molecule has 0 spiro atoms. The van der Waals surface area contributed by atoms with E-state index in [1.54, 1.807) is 0 Å². The van der Waals surface area contributed by atoms with E-state index in [1.807, 2.05) is 0 Å². The third-order valence-electron chi connectivity index (χ3n) is 2.82. The lowest BCUT2D eigenvalue weighted by atomic mass is 9.96. The first-order valence-electron chi connectivity index (χ1n) is 6.36. The summed E-state index contributed by atoms with van der Waals surface area (Å²) in [5, 5.41) is 4.84. The van der Waals surface area contributed by atoms with Crippen LogP contribution in [-0.2, 0) is 19.1 Å². The second-order valence-corrected chi connectivity index (χ2v) is 4.45. The Morgan fingerprint density at radius 3 is 2.42 bits per heavy atom. The fourth-order valence-electron chi connectivity index (χ4n) is 1.94. The van der Waals surface area contributed by atoms with E-state index in [0.29, 0.717) is 0 Å². The highest BCUT2D eigenvalue weighted by atomic mass is 16.6. The molecule has 3 amide bonds. The Bertz CT molecular complexity index is 326. The van der Waals surface area contributed by atoms with Gasteiger partial charge < -0.3 is 14.8 Å². The van der Waals surface area contributed by atoms with Gasteiger partial charge in [0.15, 0.2) is 6.61 Å². The van der Waals surface area contributed by atoms with Crippen LogP contribution in [0.25, 0.3) is 0 Å². The number of rotatable bonds is 5. The first-order chi connectivity index (χ1) is 9.11. The number of carbonyl (C=O) groups excluding carboxylic acids is 3. The topological polar surface area (TPSA) is 93.7 Å². The molecule has 0 atom stereocenters. The van der Waals surface area contributed by atoms with Gasteiger partial charge in [0, 0.05) is 13.2 Å². The molecule has 108 valence electrons. The Morgan fingerprint density at radius 1 is 1.11 bits per heavy atom. The first-order valence-corrected chi connectivity index (χ1v) is 6.36. The van der Waals surface area contributed by atoms with Crippen LogP contribution < -0.4 is 10.6 Å². The van der Waals surface area contributed by atoms with Crippen molar-refractivity contribution in [2.75, 3.05) is 20.3 Å². The van der Waals surface area contributed by atoms with Crippen LogP contribution in [0.2, 0.25) is 0 Å². The van der Waals surface area contributed by atoms with E-state index < -0.39 is 24.5 Å². The van der Waals surface area contributed by atoms with Gasteiger partial charge in [-0.25, -0.2) is 9.59 Å². The molecule has 2 N–H and O–H groups in total. The Hall–Kier alpha value is -1.63. The van der Waals surface area contributed by atoms with E-state index in [-0.39, 0.29) is 12.6 Å². The maximum Gasteiger partial charge on any atom is 0.332 e. The SMILES string of the molecule is COCC(=O)OCC(=O)NC(=O)NC1CCCCC1. The number of amides is 3. The fraction of sp³-hybridized carbons (Fsp3) is 0.750. The lowest BCUT2D eigenvalue weighted by Gasteiger charge is -2.22. The van der Waals surface area contributed by atoms with Crippen molar-refractivity contribution in [3.8, 4) is 0 Å². The summed E-state index contributed by atoms with van der Waals surface area (Å²) >= 11 is 0. The molecule has 0 bridgehead atoms. The molecule has 1 aliphatic carbocycles. The van der Waals surface area contributed by atoms with Crippen LogP contribution in [0, 0.1) is 0 Å². The predicted octanol–water partition coefficient (Wildman–Crippen LogP) is 0.335. The molecule has 1 rings (SSSR count). The molecule has 0 aromatic heterocycles. The highest BCUT2D eigenvalue weighted by Crippen LogP contribution is 2.16. The third kappa shape index (κ3) is 6.76. The van der Waals surface area contributed by atoms with Crippen LogP contribution in [0.5, 0.6) is 0 Å². The van der Waals surface area contributed by atoms with E-state index in [4.69, 9.17) is 0 Å². The minimum absolute atomic E-state index is 0.123. The Kier molecular flexibility index (Phi) is 6.88. The molecule has 0 saturated heterocycles. The van der Waals surface area contributed by atoms with Gasteiger partial charge in [0.1, 0.15) is 6.61 Å². The van der Waals surface area contributed by atoms with Crippen molar-refractivity contribution in [2.45, 2.75) is 38.1 Å². The maximum absolute atomic E-state index is 11.5. The van der Waals surface area contributed by atoms with E-state index in [1.165, 1.54) is 13.5 Å². The smallest absolute Gasteiger partial charge is 0.332 e. The molecule has 1 fully saturated rings. The van der Waals surface area contributed by atoms with E-state index in [0.717, 1.165) is 25.7 Å². The minimum atomic E-state index is -0.655. The zero-order valence-electron chi connectivity index (χ0n) is 11.1. The monoisotopic (exact) mass is 272 g/mol. The molecule has 1 saturated carbocycles. The van der Waals surface area contributed by atoms with Crippen molar-refractivity contribution in [2.24, 2.45) is 0 Å². The number of ether oxygens (including phenoxy) is 2. The van der Waals surface area contributed by atoms with Crippen molar-refractivity contribution in [1.82, 2.24) is 10.6 Å². The zero-order chi connectivity index (χ0) is 14.1. The number of methoxy groups -OCH3 is 1.